The number of hydrogen-bond acceptors (Lipinski definition) is 2. The fourth-order valence-electron chi connectivity index (χ4n) is 1.87. The van der Waals surface area contributed by atoms with Gasteiger partial charge in [0.2, 0.25) is 0 Å². The van der Waals surface area contributed by atoms with Gasteiger partial charge in [-0.05, 0) is 24.9 Å². The summed E-state index contributed by atoms with van der Waals surface area (Å²) in [5, 5.41) is 8.76. The third kappa shape index (κ3) is 1.51. The van der Waals surface area contributed by atoms with Crippen LogP contribution < -0.4 is 0 Å². The van der Waals surface area contributed by atoms with Crippen LogP contribution in [0.25, 0.3) is 0 Å². The SMILES string of the molecule is [2H]C1([2H])c2cncn2[C@@H](c2ccc([13C]#[15N])cc2F)C1([2H])[2H]. The maximum atomic E-state index is 14.2. The molecule has 3 nitrogen and oxygen atoms in total. The molecule has 1 aromatic carbocycles. The van der Waals surface area contributed by atoms with Crippen LogP contribution in [0.5, 0.6) is 0 Å². The lowest BCUT2D eigenvalue weighted by Crippen LogP contribution is -2.06. The maximum Gasteiger partial charge on any atom is 0.129 e. The Morgan fingerprint density at radius 1 is 1.59 bits per heavy atom. The van der Waals surface area contributed by atoms with Crippen molar-refractivity contribution in [3.63, 3.8) is 0 Å². The van der Waals surface area contributed by atoms with E-state index in [1.54, 1.807) is 0 Å². The number of imidazole rings is 1. The Morgan fingerprint density at radius 2 is 2.47 bits per heavy atom. The minimum atomic E-state index is -2.33. The highest BCUT2D eigenvalue weighted by Gasteiger charge is 2.25. The van der Waals surface area contributed by atoms with Crippen molar-refractivity contribution in [2.75, 3.05) is 0 Å². The van der Waals surface area contributed by atoms with E-state index in [4.69, 9.17) is 10.7 Å². The molecule has 0 bridgehead atoms. The maximum absolute atomic E-state index is 14.2. The van der Waals surface area contributed by atoms with Crippen LogP contribution in [-0.2, 0) is 6.37 Å². The fraction of sp³-hybridized carbons (Fsp3) is 0.231. The van der Waals surface area contributed by atoms with Crippen molar-refractivity contribution in [3.8, 4) is 6.07 Å². The van der Waals surface area contributed by atoms with Gasteiger partial charge in [0.25, 0.3) is 0 Å². The predicted molar refractivity (Wildman–Crippen MR) is 59.8 cm³/mol. The molecular weight excluding hydrogens is 219 g/mol. The van der Waals surface area contributed by atoms with E-state index in [-0.39, 0.29) is 16.8 Å². The van der Waals surface area contributed by atoms with E-state index in [0.717, 1.165) is 6.07 Å². The molecule has 0 N–H and O–H groups in total. The number of aryl methyl sites for hydroxylation is 1. The van der Waals surface area contributed by atoms with Gasteiger partial charge in [-0.3, -0.25) is 0 Å². The second-order valence-corrected chi connectivity index (χ2v) is 3.71. The van der Waals surface area contributed by atoms with Gasteiger partial charge in [0.15, 0.2) is 0 Å². The molecule has 84 valence electrons. The van der Waals surface area contributed by atoms with Crippen LogP contribution in [0.15, 0.2) is 30.7 Å². The van der Waals surface area contributed by atoms with Crippen LogP contribution in [0.3, 0.4) is 0 Å². The summed E-state index contributed by atoms with van der Waals surface area (Å²) in [6, 6.07) is 4.37. The number of nitrogens with zero attached hydrogens (tertiary/aromatic N) is 3. The highest BCUT2D eigenvalue weighted by atomic mass is 19.1. The molecule has 0 saturated carbocycles. The van der Waals surface area contributed by atoms with Crippen molar-refractivity contribution in [2.45, 2.75) is 18.8 Å². The first kappa shape index (κ1) is 6.55. The fourth-order valence-corrected chi connectivity index (χ4v) is 1.87. The van der Waals surface area contributed by atoms with Gasteiger partial charge in [0.05, 0.1) is 24.0 Å². The molecule has 0 spiro atoms. The van der Waals surface area contributed by atoms with Crippen LogP contribution in [-0.4, -0.2) is 9.55 Å². The average molecular weight is 233 g/mol. The molecule has 0 unspecified atom stereocenters. The predicted octanol–water partition coefficient (Wildman–Crippen LogP) is 2.43. The van der Waals surface area contributed by atoms with Gasteiger partial charge < -0.3 is 4.57 Å². The molecule has 1 atom stereocenters. The van der Waals surface area contributed by atoms with Crippen molar-refractivity contribution in [3.05, 3.63) is 53.4 Å². The molecule has 0 amide bonds. The minimum absolute atomic E-state index is 0.000347. The number of nitriles is 1. The van der Waals surface area contributed by atoms with Crippen molar-refractivity contribution >= 4 is 0 Å². The molecule has 1 aromatic heterocycles. The normalized spacial score (nSPS) is 27.2. The molecule has 0 fully saturated rings. The molecule has 0 radical (unpaired) electrons. The van der Waals surface area contributed by atoms with Gasteiger partial charge in [-0.1, -0.05) is 6.07 Å². The zero-order chi connectivity index (χ0) is 15.4. The van der Waals surface area contributed by atoms with Crippen molar-refractivity contribution < 1.29 is 9.87 Å². The first-order valence-electron chi connectivity index (χ1n) is 7.02. The van der Waals surface area contributed by atoms with E-state index in [2.05, 4.69) is 4.98 Å². The molecule has 0 saturated heterocycles. The lowest BCUT2D eigenvalue weighted by Gasteiger charge is -2.14. The zero-order valence-electron chi connectivity index (χ0n) is 12.7. The number of halogens is 1. The van der Waals surface area contributed by atoms with Gasteiger partial charge in [0, 0.05) is 22.9 Å². The molecule has 0 aliphatic carbocycles. The first-order chi connectivity index (χ1) is 9.80. The van der Waals surface area contributed by atoms with Crippen molar-refractivity contribution in [1.29, 1.82) is 5.26 Å². The topological polar surface area (TPSA) is 41.6 Å². The molecule has 3 rings (SSSR count). The molecule has 17 heavy (non-hydrogen) atoms. The second kappa shape index (κ2) is 3.70. The standard InChI is InChI=1S/C13H10FN3/c14-12-5-9(6-15)1-3-11(12)13-4-2-10-7-16-8-17(10)13/h1,3,5,7-8,13H,2,4H2/t13-/m1/s1/i2D2,4D2,6+1,15+1. The van der Waals surface area contributed by atoms with Crippen LogP contribution >= 0.6 is 0 Å². The monoisotopic (exact) mass is 233 g/mol. The van der Waals surface area contributed by atoms with Gasteiger partial charge in [-0.2, -0.15) is 5.26 Å². The zero-order valence-corrected chi connectivity index (χ0v) is 8.68. The summed E-state index contributed by atoms with van der Waals surface area (Å²) in [5.74, 6) is -0.736. The van der Waals surface area contributed by atoms with Gasteiger partial charge in [-0.25, -0.2) is 9.37 Å². The molecular formula is C13H10FN3. The third-order valence-electron chi connectivity index (χ3n) is 2.71. The number of hydrogen-bond donors (Lipinski definition) is 0. The van der Waals surface area contributed by atoms with Crippen molar-refractivity contribution in [1.82, 2.24) is 9.55 Å². The third-order valence-corrected chi connectivity index (χ3v) is 2.71. The van der Waals surface area contributed by atoms with Gasteiger partial charge >= 0.3 is 0 Å². The minimum Gasteiger partial charge on any atom is -0.327 e. The summed E-state index contributed by atoms with van der Waals surface area (Å²) in [6.45, 7) is 0. The first-order valence-corrected chi connectivity index (χ1v) is 5.02. The number of aromatic nitrogens is 2. The number of rotatable bonds is 1. The van der Waals surface area contributed by atoms with Gasteiger partial charge in [0.1, 0.15) is 5.82 Å². The smallest absolute Gasteiger partial charge is 0.129 e. The summed E-state index contributed by atoms with van der Waals surface area (Å²) in [5.41, 5.74) is 0.199. The highest BCUT2D eigenvalue weighted by Crippen LogP contribution is 2.32. The quantitative estimate of drug-likeness (QED) is 0.560. The largest absolute Gasteiger partial charge is 0.327 e. The number of benzene rings is 1. The lowest BCUT2D eigenvalue weighted by molar-refractivity contribution is 0.545. The summed E-state index contributed by atoms with van der Waals surface area (Å²) in [6.07, 6.45) is -2.07. The Labute approximate surface area is 104 Å². The van der Waals surface area contributed by atoms with E-state index in [1.165, 1.54) is 29.2 Å². The van der Waals surface area contributed by atoms with Gasteiger partial charge in [-0.15, -0.1) is 0 Å². The molecule has 1 aliphatic heterocycles. The Balaban J connectivity index is 2.22. The van der Waals surface area contributed by atoms with Crippen molar-refractivity contribution in [2.24, 2.45) is 0 Å². The second-order valence-electron chi connectivity index (χ2n) is 3.71. The summed E-state index contributed by atoms with van der Waals surface area (Å²) >= 11 is 0. The van der Waals surface area contributed by atoms with E-state index >= 15 is 0 Å². The van der Waals surface area contributed by atoms with Crippen LogP contribution in [0, 0.1) is 17.1 Å². The Kier molecular flexibility index (Phi) is 1.43. The molecule has 4 heteroatoms. The molecule has 1 aliphatic rings. The van der Waals surface area contributed by atoms with E-state index in [1.807, 2.05) is 6.07 Å². The lowest BCUT2D eigenvalue weighted by atomic mass is 10.0. The van der Waals surface area contributed by atoms with E-state index in [0.29, 0.717) is 0 Å². The van der Waals surface area contributed by atoms with E-state index < -0.39 is 24.6 Å². The Morgan fingerprint density at radius 3 is 3.24 bits per heavy atom. The Bertz CT molecular complexity index is 763. The summed E-state index contributed by atoms with van der Waals surface area (Å²) in [4.78, 5) is 3.83. The van der Waals surface area contributed by atoms with Crippen LogP contribution in [0.4, 0.5) is 4.39 Å². The molecule has 2 heterocycles. The van der Waals surface area contributed by atoms with Crippen LogP contribution in [0.2, 0.25) is 0 Å². The van der Waals surface area contributed by atoms with E-state index in [9.17, 15) is 4.39 Å². The summed E-state index contributed by atoms with van der Waals surface area (Å²) < 4.78 is 47.7. The Hall–Kier alpha value is -2.15. The summed E-state index contributed by atoms with van der Waals surface area (Å²) in [7, 11) is 0. The number of fused-ring (bicyclic) bond motifs is 1. The average Bonchev–Trinajstić information content (AvgIpc) is 2.94. The van der Waals surface area contributed by atoms with Crippen LogP contribution in [0.1, 0.15) is 34.7 Å². The highest BCUT2D eigenvalue weighted by molar-refractivity contribution is 5.35. The molecule has 2 aromatic rings.